The minimum Gasteiger partial charge on any atom is -0.497 e. The number of methoxy groups -OCH3 is 1. The fourth-order valence-corrected chi connectivity index (χ4v) is 3.00. The first-order chi connectivity index (χ1) is 12.5. The maximum absolute atomic E-state index is 11.6. The molecule has 2 aromatic carbocycles. The van der Waals surface area contributed by atoms with E-state index in [1.165, 1.54) is 6.33 Å². The molecule has 0 fully saturated rings. The van der Waals surface area contributed by atoms with Crippen LogP contribution in [0.5, 0.6) is 5.75 Å². The first-order valence-corrected chi connectivity index (χ1v) is 8.26. The molecule has 3 aromatic rings. The van der Waals surface area contributed by atoms with Gasteiger partial charge in [0.1, 0.15) is 17.9 Å². The highest BCUT2D eigenvalue weighted by atomic mass is 35.5. The Kier molecular flexibility index (Phi) is 5.20. The van der Waals surface area contributed by atoms with Crippen LogP contribution in [-0.2, 0) is 0 Å². The first-order valence-electron chi connectivity index (χ1n) is 7.88. The smallest absolute Gasteiger partial charge is 0.250 e. The Labute approximate surface area is 155 Å². The first kappa shape index (κ1) is 17.9. The highest BCUT2D eigenvalue weighted by molar-refractivity contribution is 6.31. The topological polar surface area (TPSA) is 116 Å². The second-order valence-corrected chi connectivity index (χ2v) is 6.02. The SMILES string of the molecule is COc1ccc(Cl)c(C(CN)Nc2ncnc3c(C(N)=O)cccc23)c1. The van der Waals surface area contributed by atoms with Gasteiger partial charge in [0.25, 0.3) is 5.91 Å². The zero-order chi connectivity index (χ0) is 18.7. The van der Waals surface area contributed by atoms with E-state index in [0.717, 1.165) is 5.56 Å². The third-order valence-corrected chi connectivity index (χ3v) is 4.40. The van der Waals surface area contributed by atoms with Crippen molar-refractivity contribution < 1.29 is 9.53 Å². The number of para-hydroxylation sites is 1. The molecule has 1 unspecified atom stereocenters. The predicted molar refractivity (Wildman–Crippen MR) is 101 cm³/mol. The molecule has 8 heteroatoms. The maximum Gasteiger partial charge on any atom is 0.250 e. The molecule has 0 aliphatic heterocycles. The molecule has 0 saturated carbocycles. The van der Waals surface area contributed by atoms with Crippen molar-refractivity contribution in [1.82, 2.24) is 9.97 Å². The number of ether oxygens (including phenoxy) is 1. The van der Waals surface area contributed by atoms with Gasteiger partial charge in [-0.15, -0.1) is 0 Å². The number of hydrogen-bond acceptors (Lipinski definition) is 6. The van der Waals surface area contributed by atoms with Crippen molar-refractivity contribution in [2.45, 2.75) is 6.04 Å². The summed E-state index contributed by atoms with van der Waals surface area (Å²) in [5, 5.41) is 4.51. The minimum atomic E-state index is -0.550. The van der Waals surface area contributed by atoms with Gasteiger partial charge >= 0.3 is 0 Å². The molecule has 0 aliphatic carbocycles. The van der Waals surface area contributed by atoms with Crippen molar-refractivity contribution in [3.05, 3.63) is 58.9 Å². The van der Waals surface area contributed by atoms with Gasteiger partial charge in [0.2, 0.25) is 0 Å². The van der Waals surface area contributed by atoms with Crippen LogP contribution in [0.15, 0.2) is 42.7 Å². The van der Waals surface area contributed by atoms with E-state index in [2.05, 4.69) is 15.3 Å². The lowest BCUT2D eigenvalue weighted by atomic mass is 10.1. The summed E-state index contributed by atoms with van der Waals surface area (Å²) < 4.78 is 5.26. The van der Waals surface area contributed by atoms with Crippen LogP contribution < -0.4 is 21.5 Å². The Morgan fingerprint density at radius 2 is 2.12 bits per heavy atom. The number of aromatic nitrogens is 2. The summed E-state index contributed by atoms with van der Waals surface area (Å²) in [7, 11) is 1.58. The number of primary amides is 1. The van der Waals surface area contributed by atoms with E-state index in [0.29, 0.717) is 33.1 Å². The van der Waals surface area contributed by atoms with Crippen LogP contribution >= 0.6 is 11.6 Å². The quantitative estimate of drug-likeness (QED) is 0.613. The van der Waals surface area contributed by atoms with Crippen LogP contribution in [0.25, 0.3) is 10.9 Å². The zero-order valence-electron chi connectivity index (χ0n) is 14.1. The van der Waals surface area contributed by atoms with Crippen molar-refractivity contribution in [3.63, 3.8) is 0 Å². The number of halogens is 1. The molecule has 0 radical (unpaired) electrons. The molecular weight excluding hydrogens is 354 g/mol. The number of nitrogens with one attached hydrogen (secondary N) is 1. The minimum absolute atomic E-state index is 0.272. The van der Waals surface area contributed by atoms with E-state index in [-0.39, 0.29) is 12.6 Å². The number of carbonyl (C=O) groups excluding carboxylic acids is 1. The van der Waals surface area contributed by atoms with E-state index in [9.17, 15) is 4.79 Å². The summed E-state index contributed by atoms with van der Waals surface area (Å²) in [4.78, 5) is 20.1. The number of amides is 1. The van der Waals surface area contributed by atoms with Gasteiger partial charge in [-0.1, -0.05) is 17.7 Å². The van der Waals surface area contributed by atoms with Gasteiger partial charge in [0.05, 0.1) is 24.2 Å². The summed E-state index contributed by atoms with van der Waals surface area (Å²) in [6, 6.07) is 10.2. The fourth-order valence-electron chi connectivity index (χ4n) is 2.75. The number of rotatable bonds is 6. The molecule has 0 saturated heterocycles. The molecule has 1 heterocycles. The Balaban J connectivity index is 2.05. The molecule has 3 rings (SSSR count). The van der Waals surface area contributed by atoms with Gasteiger partial charge in [0.15, 0.2) is 0 Å². The zero-order valence-corrected chi connectivity index (χ0v) is 14.8. The van der Waals surface area contributed by atoms with Crippen LogP contribution in [0.3, 0.4) is 0 Å². The summed E-state index contributed by atoms with van der Waals surface area (Å²) in [5.41, 5.74) is 13.0. The van der Waals surface area contributed by atoms with E-state index >= 15 is 0 Å². The molecule has 0 spiro atoms. The average molecular weight is 372 g/mol. The number of benzene rings is 2. The van der Waals surface area contributed by atoms with Crippen LogP contribution in [0.4, 0.5) is 5.82 Å². The Morgan fingerprint density at radius 3 is 2.81 bits per heavy atom. The third kappa shape index (κ3) is 3.40. The standard InChI is InChI=1S/C18H18ClN5O2/c1-26-10-5-6-14(19)13(7-10)15(8-20)24-18-12-4-2-3-11(17(21)25)16(12)22-9-23-18/h2-7,9,15H,8,20H2,1H3,(H2,21,25)(H,22,23,24). The second kappa shape index (κ2) is 7.55. The van der Waals surface area contributed by atoms with Gasteiger partial charge in [0, 0.05) is 17.0 Å². The largest absolute Gasteiger partial charge is 0.497 e. The Hall–Kier alpha value is -2.90. The average Bonchev–Trinajstić information content (AvgIpc) is 2.66. The molecule has 0 aliphatic rings. The maximum atomic E-state index is 11.6. The molecule has 0 bridgehead atoms. The number of anilines is 1. The lowest BCUT2D eigenvalue weighted by molar-refractivity contribution is 0.100. The van der Waals surface area contributed by atoms with Crippen molar-refractivity contribution in [1.29, 1.82) is 0 Å². The van der Waals surface area contributed by atoms with Crippen LogP contribution in [0, 0.1) is 0 Å². The van der Waals surface area contributed by atoms with Crippen LogP contribution in [0.1, 0.15) is 22.0 Å². The molecule has 1 atom stereocenters. The fraction of sp³-hybridized carbons (Fsp3) is 0.167. The Bertz CT molecular complexity index is 963. The van der Waals surface area contributed by atoms with Gasteiger partial charge in [-0.05, 0) is 35.9 Å². The number of hydrogen-bond donors (Lipinski definition) is 3. The summed E-state index contributed by atoms with van der Waals surface area (Å²) >= 11 is 6.33. The highest BCUT2D eigenvalue weighted by Crippen LogP contribution is 2.31. The number of nitrogens with two attached hydrogens (primary N) is 2. The van der Waals surface area contributed by atoms with Crippen molar-refractivity contribution in [3.8, 4) is 5.75 Å². The van der Waals surface area contributed by atoms with Crippen LogP contribution in [-0.4, -0.2) is 29.5 Å². The van der Waals surface area contributed by atoms with Crippen molar-refractivity contribution in [2.75, 3.05) is 19.0 Å². The van der Waals surface area contributed by atoms with Crippen LogP contribution in [0.2, 0.25) is 5.02 Å². The number of nitrogens with zero attached hydrogens (tertiary/aromatic N) is 2. The predicted octanol–water partition coefficient (Wildman–Crippen LogP) is 2.50. The van der Waals surface area contributed by atoms with Gasteiger partial charge < -0.3 is 21.5 Å². The molecular formula is C18H18ClN5O2. The van der Waals surface area contributed by atoms with Crippen molar-refractivity contribution in [2.24, 2.45) is 11.5 Å². The molecule has 5 N–H and O–H groups in total. The number of carbonyl (C=O) groups is 1. The van der Waals surface area contributed by atoms with E-state index in [1.807, 2.05) is 12.1 Å². The molecule has 1 aromatic heterocycles. The van der Waals surface area contributed by atoms with Gasteiger partial charge in [-0.25, -0.2) is 9.97 Å². The summed E-state index contributed by atoms with van der Waals surface area (Å²) in [6.45, 7) is 0.272. The lowest BCUT2D eigenvalue weighted by Gasteiger charge is -2.20. The molecule has 7 nitrogen and oxygen atoms in total. The van der Waals surface area contributed by atoms with E-state index in [4.69, 9.17) is 27.8 Å². The summed E-state index contributed by atoms with van der Waals surface area (Å²) in [5.74, 6) is 0.659. The van der Waals surface area contributed by atoms with E-state index in [1.54, 1.807) is 31.4 Å². The third-order valence-electron chi connectivity index (χ3n) is 4.06. The Morgan fingerprint density at radius 1 is 1.31 bits per heavy atom. The van der Waals surface area contributed by atoms with E-state index < -0.39 is 5.91 Å². The monoisotopic (exact) mass is 371 g/mol. The molecule has 26 heavy (non-hydrogen) atoms. The molecule has 134 valence electrons. The van der Waals surface area contributed by atoms with Gasteiger partial charge in [-0.3, -0.25) is 4.79 Å². The van der Waals surface area contributed by atoms with Gasteiger partial charge in [-0.2, -0.15) is 0 Å². The highest BCUT2D eigenvalue weighted by Gasteiger charge is 2.17. The molecule has 1 amide bonds. The summed E-state index contributed by atoms with van der Waals surface area (Å²) in [6.07, 6.45) is 1.37. The lowest BCUT2D eigenvalue weighted by Crippen LogP contribution is -2.22. The second-order valence-electron chi connectivity index (χ2n) is 5.61. The normalized spacial score (nSPS) is 12.0. The number of fused-ring (bicyclic) bond motifs is 1. The van der Waals surface area contributed by atoms with Crippen molar-refractivity contribution >= 4 is 34.2 Å².